The topological polar surface area (TPSA) is 72.7 Å². The van der Waals surface area contributed by atoms with Crippen LogP contribution in [0.2, 0.25) is 0 Å². The fourth-order valence-electron chi connectivity index (χ4n) is 3.57. The quantitative estimate of drug-likeness (QED) is 0.792. The fourth-order valence-corrected chi connectivity index (χ4v) is 4.39. The van der Waals surface area contributed by atoms with Gasteiger partial charge in [-0.05, 0) is 72.7 Å². The van der Waals surface area contributed by atoms with Crippen molar-refractivity contribution < 1.29 is 4.79 Å². The Kier molecular flexibility index (Phi) is 6.19. The molecule has 1 aromatic heterocycles. The van der Waals surface area contributed by atoms with E-state index in [2.05, 4.69) is 60.7 Å². The van der Waals surface area contributed by atoms with Crippen molar-refractivity contribution in [3.63, 3.8) is 0 Å². The molecule has 27 heavy (non-hydrogen) atoms. The highest BCUT2D eigenvalue weighted by molar-refractivity contribution is 8.00. The second-order valence-corrected chi connectivity index (χ2v) is 9.09. The zero-order chi connectivity index (χ0) is 19.6. The molecular formula is C20H29N5OS. The maximum absolute atomic E-state index is 12.7. The van der Waals surface area contributed by atoms with E-state index < -0.39 is 0 Å². The van der Waals surface area contributed by atoms with Gasteiger partial charge < -0.3 is 5.32 Å². The standard InChI is InChI=1S/C20H29N5OS/c1-12-9-10-17(11-14(12)3)25-20(22-23-24-25)27-16(5)19(26)21-18-8-6-7-13(2)15(18)4/h9-11,13,15-16,18H,6-8H2,1-5H3,(H,21,26). The van der Waals surface area contributed by atoms with Crippen LogP contribution in [-0.2, 0) is 4.79 Å². The van der Waals surface area contributed by atoms with Crippen LogP contribution >= 0.6 is 11.8 Å². The molecule has 1 N–H and O–H groups in total. The van der Waals surface area contributed by atoms with Crippen molar-refractivity contribution in [3.8, 4) is 5.69 Å². The van der Waals surface area contributed by atoms with Crippen molar-refractivity contribution in [3.05, 3.63) is 29.3 Å². The summed E-state index contributed by atoms with van der Waals surface area (Å²) in [5, 5.41) is 15.7. The molecule has 1 aromatic carbocycles. The fraction of sp³-hybridized carbons (Fsp3) is 0.600. The Balaban J connectivity index is 1.67. The lowest BCUT2D eigenvalue weighted by Gasteiger charge is -2.35. The number of tetrazole rings is 1. The summed E-state index contributed by atoms with van der Waals surface area (Å²) in [6.07, 6.45) is 3.50. The van der Waals surface area contributed by atoms with Crippen LogP contribution in [0.3, 0.4) is 0 Å². The van der Waals surface area contributed by atoms with Crippen molar-refractivity contribution >= 4 is 17.7 Å². The molecule has 7 heteroatoms. The van der Waals surface area contributed by atoms with Gasteiger partial charge in [0, 0.05) is 6.04 Å². The molecule has 146 valence electrons. The minimum absolute atomic E-state index is 0.0561. The highest BCUT2D eigenvalue weighted by Crippen LogP contribution is 2.30. The lowest BCUT2D eigenvalue weighted by molar-refractivity contribution is -0.121. The Bertz CT molecular complexity index is 805. The maximum atomic E-state index is 12.7. The number of nitrogens with one attached hydrogen (secondary N) is 1. The van der Waals surface area contributed by atoms with Crippen molar-refractivity contribution in [1.29, 1.82) is 0 Å². The predicted molar refractivity (Wildman–Crippen MR) is 108 cm³/mol. The van der Waals surface area contributed by atoms with E-state index in [9.17, 15) is 4.79 Å². The largest absolute Gasteiger partial charge is 0.352 e. The molecule has 0 aliphatic heterocycles. The summed E-state index contributed by atoms with van der Waals surface area (Å²) in [5.74, 6) is 1.23. The van der Waals surface area contributed by atoms with Crippen LogP contribution in [0.25, 0.3) is 5.69 Å². The molecule has 1 amide bonds. The number of amides is 1. The van der Waals surface area contributed by atoms with Gasteiger partial charge in [-0.25, -0.2) is 0 Å². The molecule has 0 spiro atoms. The van der Waals surface area contributed by atoms with Crippen molar-refractivity contribution in [2.24, 2.45) is 11.8 Å². The summed E-state index contributed by atoms with van der Waals surface area (Å²) in [5.41, 5.74) is 3.32. The van der Waals surface area contributed by atoms with Crippen molar-refractivity contribution in [1.82, 2.24) is 25.5 Å². The van der Waals surface area contributed by atoms with E-state index in [4.69, 9.17) is 0 Å². The molecule has 4 atom stereocenters. The molecular weight excluding hydrogens is 358 g/mol. The van der Waals surface area contributed by atoms with Gasteiger partial charge in [-0.15, -0.1) is 5.10 Å². The highest BCUT2D eigenvalue weighted by Gasteiger charge is 2.30. The van der Waals surface area contributed by atoms with Crippen LogP contribution in [0.5, 0.6) is 0 Å². The van der Waals surface area contributed by atoms with E-state index >= 15 is 0 Å². The lowest BCUT2D eigenvalue weighted by Crippen LogP contribution is -2.46. The van der Waals surface area contributed by atoms with Gasteiger partial charge in [0.15, 0.2) is 0 Å². The van der Waals surface area contributed by atoms with E-state index in [1.54, 1.807) is 4.68 Å². The number of benzene rings is 1. The van der Waals surface area contributed by atoms with Crippen LogP contribution < -0.4 is 5.32 Å². The van der Waals surface area contributed by atoms with Crippen molar-refractivity contribution in [2.75, 3.05) is 0 Å². The Morgan fingerprint density at radius 3 is 2.78 bits per heavy atom. The Hall–Kier alpha value is -1.89. The van der Waals surface area contributed by atoms with Crippen LogP contribution in [0.4, 0.5) is 0 Å². The minimum atomic E-state index is -0.259. The molecule has 1 aliphatic rings. The van der Waals surface area contributed by atoms with Gasteiger partial charge in [-0.2, -0.15) is 4.68 Å². The first-order chi connectivity index (χ1) is 12.9. The van der Waals surface area contributed by atoms with Gasteiger partial charge in [-0.1, -0.05) is 44.5 Å². The van der Waals surface area contributed by atoms with Gasteiger partial charge in [0.2, 0.25) is 11.1 Å². The van der Waals surface area contributed by atoms with Gasteiger partial charge >= 0.3 is 0 Å². The summed E-state index contributed by atoms with van der Waals surface area (Å²) >= 11 is 1.40. The molecule has 0 bridgehead atoms. The van der Waals surface area contributed by atoms with Gasteiger partial charge in [0.05, 0.1) is 10.9 Å². The van der Waals surface area contributed by atoms with E-state index in [1.165, 1.54) is 35.7 Å². The normalized spacial score (nSPS) is 23.8. The highest BCUT2D eigenvalue weighted by atomic mass is 32.2. The zero-order valence-electron chi connectivity index (χ0n) is 16.8. The number of aromatic nitrogens is 4. The van der Waals surface area contributed by atoms with E-state index in [1.807, 2.05) is 13.0 Å². The van der Waals surface area contributed by atoms with Crippen LogP contribution in [0.1, 0.15) is 51.2 Å². The Morgan fingerprint density at radius 2 is 2.04 bits per heavy atom. The van der Waals surface area contributed by atoms with E-state index in [0.717, 1.165) is 12.1 Å². The molecule has 4 unspecified atom stereocenters. The number of nitrogens with zero attached hydrogens (tertiary/aromatic N) is 4. The first-order valence-electron chi connectivity index (χ1n) is 9.70. The number of aryl methyl sites for hydroxylation is 2. The van der Waals surface area contributed by atoms with Crippen LogP contribution in [-0.4, -0.2) is 37.4 Å². The molecule has 0 saturated heterocycles. The molecule has 1 aliphatic carbocycles. The average molecular weight is 388 g/mol. The van der Waals surface area contributed by atoms with E-state index in [-0.39, 0.29) is 17.2 Å². The Labute approximate surface area is 165 Å². The summed E-state index contributed by atoms with van der Waals surface area (Å²) in [6.45, 7) is 10.6. The number of rotatable bonds is 5. The number of hydrogen-bond acceptors (Lipinski definition) is 5. The summed E-state index contributed by atoms with van der Waals surface area (Å²) in [7, 11) is 0. The molecule has 1 fully saturated rings. The van der Waals surface area contributed by atoms with Gasteiger partial charge in [-0.3, -0.25) is 4.79 Å². The molecule has 6 nitrogen and oxygen atoms in total. The summed E-state index contributed by atoms with van der Waals surface area (Å²) in [6, 6.07) is 6.38. The average Bonchev–Trinajstić information content (AvgIpc) is 3.09. The first kappa shape index (κ1) is 19.9. The third-order valence-electron chi connectivity index (χ3n) is 5.86. The number of carbonyl (C=O) groups is 1. The molecule has 1 saturated carbocycles. The SMILES string of the molecule is Cc1ccc(-n2nnnc2SC(C)C(=O)NC2CCCC(C)C2C)cc1C. The number of thioether (sulfide) groups is 1. The smallest absolute Gasteiger partial charge is 0.233 e. The predicted octanol–water partition coefficient (Wildman–Crippen LogP) is 3.70. The molecule has 3 rings (SSSR count). The van der Waals surface area contributed by atoms with Gasteiger partial charge in [0.25, 0.3) is 0 Å². The zero-order valence-corrected chi connectivity index (χ0v) is 17.6. The molecule has 2 aromatic rings. The molecule has 0 radical (unpaired) electrons. The summed E-state index contributed by atoms with van der Waals surface area (Å²) < 4.78 is 1.70. The first-order valence-corrected chi connectivity index (χ1v) is 10.6. The summed E-state index contributed by atoms with van der Waals surface area (Å²) in [4.78, 5) is 12.7. The number of carbonyl (C=O) groups excluding carboxylic acids is 1. The lowest BCUT2D eigenvalue weighted by atomic mass is 9.78. The third-order valence-corrected chi connectivity index (χ3v) is 6.89. The maximum Gasteiger partial charge on any atom is 0.233 e. The van der Waals surface area contributed by atoms with E-state index in [0.29, 0.717) is 17.0 Å². The molecule has 1 heterocycles. The van der Waals surface area contributed by atoms with Crippen LogP contribution in [0, 0.1) is 25.7 Å². The minimum Gasteiger partial charge on any atom is -0.352 e. The second-order valence-electron chi connectivity index (χ2n) is 7.78. The van der Waals surface area contributed by atoms with Gasteiger partial charge in [0.1, 0.15) is 0 Å². The van der Waals surface area contributed by atoms with Crippen LogP contribution in [0.15, 0.2) is 23.4 Å². The third kappa shape index (κ3) is 4.51. The second kappa shape index (κ2) is 8.42. The number of hydrogen-bond donors (Lipinski definition) is 1. The van der Waals surface area contributed by atoms with Crippen molar-refractivity contribution in [2.45, 2.75) is 70.3 Å². The monoisotopic (exact) mass is 387 g/mol. The Morgan fingerprint density at radius 1 is 1.26 bits per heavy atom.